The van der Waals surface area contributed by atoms with Crippen molar-refractivity contribution >= 4 is 5.91 Å². The van der Waals surface area contributed by atoms with Crippen molar-refractivity contribution in [2.75, 3.05) is 26.2 Å². The summed E-state index contributed by atoms with van der Waals surface area (Å²) in [5.41, 5.74) is -0.877. The maximum Gasteiger partial charge on any atom is 0.242 e. The van der Waals surface area contributed by atoms with Gasteiger partial charge in [0, 0.05) is 19.1 Å². The van der Waals surface area contributed by atoms with Crippen molar-refractivity contribution in [1.82, 2.24) is 9.80 Å². The minimum absolute atomic E-state index is 0.00732. The molecule has 0 atom stereocenters. The fourth-order valence-corrected chi connectivity index (χ4v) is 3.16. The molecule has 1 amide bonds. The summed E-state index contributed by atoms with van der Waals surface area (Å²) in [7, 11) is 0. The minimum atomic E-state index is -0.877. The molecule has 0 aromatic heterocycles. The van der Waals surface area contributed by atoms with Gasteiger partial charge in [-0.25, -0.2) is 0 Å². The molecule has 4 nitrogen and oxygen atoms in total. The van der Waals surface area contributed by atoms with Crippen molar-refractivity contribution in [3.8, 4) is 6.07 Å². The van der Waals surface area contributed by atoms with Gasteiger partial charge in [-0.1, -0.05) is 6.42 Å². The first-order valence-electron chi connectivity index (χ1n) is 7.49. The minimum Gasteiger partial charge on any atom is -0.341 e. The van der Waals surface area contributed by atoms with Crippen LogP contribution in [0.25, 0.3) is 0 Å². The molecule has 0 aromatic carbocycles. The van der Waals surface area contributed by atoms with Crippen molar-refractivity contribution in [3.63, 3.8) is 0 Å². The van der Waals surface area contributed by atoms with Gasteiger partial charge in [0.15, 0.2) is 0 Å². The van der Waals surface area contributed by atoms with Crippen molar-refractivity contribution in [2.24, 2.45) is 5.41 Å². The lowest BCUT2D eigenvalue weighted by Crippen LogP contribution is -2.50. The number of likely N-dealkylation sites (tertiary alicyclic amines) is 2. The first-order valence-corrected chi connectivity index (χ1v) is 7.49. The highest BCUT2D eigenvalue weighted by Gasteiger charge is 2.35. The summed E-state index contributed by atoms with van der Waals surface area (Å²) in [6.07, 6.45) is 6.13. The molecule has 2 saturated heterocycles. The van der Waals surface area contributed by atoms with Gasteiger partial charge in [0.05, 0.1) is 6.07 Å². The third-order valence-electron chi connectivity index (χ3n) is 4.47. The smallest absolute Gasteiger partial charge is 0.242 e. The number of piperidine rings is 2. The Bertz CT molecular complexity index is 358. The molecule has 0 spiro atoms. The Balaban J connectivity index is 1.85. The average Bonchev–Trinajstić information content (AvgIpc) is 2.47. The molecule has 4 heteroatoms. The van der Waals surface area contributed by atoms with Crippen molar-refractivity contribution < 1.29 is 4.79 Å². The molecule has 2 aliphatic rings. The van der Waals surface area contributed by atoms with E-state index in [9.17, 15) is 4.79 Å². The summed E-state index contributed by atoms with van der Waals surface area (Å²) in [6.45, 7) is 7.50. The molecule has 0 N–H and O–H groups in total. The molecule has 0 aromatic rings. The molecule has 2 rings (SSSR count). The van der Waals surface area contributed by atoms with Gasteiger partial charge >= 0.3 is 0 Å². The zero-order chi connectivity index (χ0) is 13.9. The standard InChI is InChI=1S/C15H25N3O/c1-15(2,12-16)14(19)18-10-6-13(7-11-18)17-8-4-3-5-9-17/h13H,3-11H2,1-2H3. The first kappa shape index (κ1) is 14.3. The lowest BCUT2D eigenvalue weighted by Gasteiger charge is -2.41. The summed E-state index contributed by atoms with van der Waals surface area (Å²) in [5.74, 6) is -0.00732. The summed E-state index contributed by atoms with van der Waals surface area (Å²) in [5, 5.41) is 9.05. The van der Waals surface area contributed by atoms with E-state index in [0.29, 0.717) is 6.04 Å². The molecular formula is C15H25N3O. The summed E-state index contributed by atoms with van der Waals surface area (Å²) >= 11 is 0. The van der Waals surface area contributed by atoms with Gasteiger partial charge in [-0.3, -0.25) is 4.79 Å². The zero-order valence-electron chi connectivity index (χ0n) is 12.2. The van der Waals surface area contributed by atoms with Crippen LogP contribution in [0.1, 0.15) is 46.0 Å². The Kier molecular flexibility index (Phi) is 4.46. The molecule has 0 saturated carbocycles. The fraction of sp³-hybridized carbons (Fsp3) is 0.867. The van der Waals surface area contributed by atoms with Crippen LogP contribution in [-0.2, 0) is 4.79 Å². The highest BCUT2D eigenvalue weighted by atomic mass is 16.2. The number of hydrogen-bond donors (Lipinski definition) is 0. The summed E-state index contributed by atoms with van der Waals surface area (Å²) in [6, 6.07) is 2.76. The van der Waals surface area contributed by atoms with Gasteiger partial charge in [0.25, 0.3) is 0 Å². The second-order valence-corrected chi connectivity index (χ2v) is 6.36. The van der Waals surface area contributed by atoms with E-state index in [0.717, 1.165) is 25.9 Å². The van der Waals surface area contributed by atoms with Crippen LogP contribution in [0.5, 0.6) is 0 Å². The quantitative estimate of drug-likeness (QED) is 0.765. The highest BCUT2D eigenvalue weighted by Crippen LogP contribution is 2.24. The van der Waals surface area contributed by atoms with Crippen molar-refractivity contribution in [1.29, 1.82) is 5.26 Å². The lowest BCUT2D eigenvalue weighted by molar-refractivity contribution is -0.139. The number of nitrogens with zero attached hydrogens (tertiary/aromatic N) is 3. The number of carbonyl (C=O) groups is 1. The van der Waals surface area contributed by atoms with Gasteiger partial charge in [-0.05, 0) is 52.6 Å². The predicted molar refractivity (Wildman–Crippen MR) is 74.4 cm³/mol. The van der Waals surface area contributed by atoms with Crippen LogP contribution in [0.4, 0.5) is 0 Å². The van der Waals surface area contributed by atoms with Gasteiger partial charge in [-0.2, -0.15) is 5.26 Å². The molecule has 2 aliphatic heterocycles. The van der Waals surface area contributed by atoms with E-state index in [1.807, 2.05) is 4.90 Å². The molecular weight excluding hydrogens is 238 g/mol. The lowest BCUT2D eigenvalue weighted by atomic mass is 9.91. The van der Waals surface area contributed by atoms with E-state index in [2.05, 4.69) is 11.0 Å². The van der Waals surface area contributed by atoms with Gasteiger partial charge in [0.2, 0.25) is 5.91 Å². The second kappa shape index (κ2) is 5.92. The van der Waals surface area contributed by atoms with Crippen molar-refractivity contribution in [2.45, 2.75) is 52.0 Å². The Morgan fingerprint density at radius 3 is 2.21 bits per heavy atom. The number of rotatable bonds is 2. The van der Waals surface area contributed by atoms with Crippen LogP contribution >= 0.6 is 0 Å². The highest BCUT2D eigenvalue weighted by molar-refractivity contribution is 5.84. The van der Waals surface area contributed by atoms with E-state index < -0.39 is 5.41 Å². The molecule has 0 aliphatic carbocycles. The van der Waals surface area contributed by atoms with E-state index in [1.165, 1.54) is 32.4 Å². The maximum atomic E-state index is 12.2. The summed E-state index contributed by atoms with van der Waals surface area (Å²) in [4.78, 5) is 16.7. The van der Waals surface area contributed by atoms with E-state index >= 15 is 0 Å². The normalized spacial score (nSPS) is 23.1. The molecule has 0 radical (unpaired) electrons. The van der Waals surface area contributed by atoms with E-state index in [4.69, 9.17) is 5.26 Å². The fourth-order valence-electron chi connectivity index (χ4n) is 3.16. The number of hydrogen-bond acceptors (Lipinski definition) is 3. The number of carbonyl (C=O) groups excluding carboxylic acids is 1. The van der Waals surface area contributed by atoms with E-state index in [1.54, 1.807) is 13.8 Å². The summed E-state index contributed by atoms with van der Waals surface area (Å²) < 4.78 is 0. The Labute approximate surface area is 116 Å². The third kappa shape index (κ3) is 3.27. The largest absolute Gasteiger partial charge is 0.341 e. The third-order valence-corrected chi connectivity index (χ3v) is 4.47. The van der Waals surface area contributed by atoms with Crippen LogP contribution in [0.15, 0.2) is 0 Å². The second-order valence-electron chi connectivity index (χ2n) is 6.36. The zero-order valence-corrected chi connectivity index (χ0v) is 12.2. The Morgan fingerprint density at radius 2 is 1.68 bits per heavy atom. The average molecular weight is 263 g/mol. The maximum absolute atomic E-state index is 12.2. The van der Waals surface area contributed by atoms with Gasteiger partial charge < -0.3 is 9.80 Å². The first-order chi connectivity index (χ1) is 9.04. The van der Waals surface area contributed by atoms with Crippen LogP contribution in [0.2, 0.25) is 0 Å². The van der Waals surface area contributed by atoms with Crippen LogP contribution < -0.4 is 0 Å². The molecule has 19 heavy (non-hydrogen) atoms. The monoisotopic (exact) mass is 263 g/mol. The van der Waals surface area contributed by atoms with Crippen molar-refractivity contribution in [3.05, 3.63) is 0 Å². The van der Waals surface area contributed by atoms with Crippen LogP contribution in [0.3, 0.4) is 0 Å². The molecule has 106 valence electrons. The van der Waals surface area contributed by atoms with Gasteiger partial charge in [0.1, 0.15) is 5.41 Å². The van der Waals surface area contributed by atoms with E-state index in [-0.39, 0.29) is 5.91 Å². The number of amides is 1. The molecule has 2 heterocycles. The van der Waals surface area contributed by atoms with Crippen LogP contribution in [-0.4, -0.2) is 47.9 Å². The molecule has 0 bridgehead atoms. The molecule has 0 unspecified atom stereocenters. The Morgan fingerprint density at radius 1 is 1.11 bits per heavy atom. The predicted octanol–water partition coefficient (Wildman–Crippen LogP) is 2.01. The SMILES string of the molecule is CC(C)(C#N)C(=O)N1CCC(N2CCCCC2)CC1. The number of nitriles is 1. The van der Waals surface area contributed by atoms with Crippen LogP contribution in [0, 0.1) is 16.7 Å². The van der Waals surface area contributed by atoms with Gasteiger partial charge in [-0.15, -0.1) is 0 Å². The Hall–Kier alpha value is -1.08. The topological polar surface area (TPSA) is 47.3 Å². The molecule has 2 fully saturated rings.